The van der Waals surface area contributed by atoms with Gasteiger partial charge in [-0.15, -0.1) is 0 Å². The predicted octanol–water partition coefficient (Wildman–Crippen LogP) is 1.88. The van der Waals surface area contributed by atoms with Gasteiger partial charge in [-0.25, -0.2) is 0 Å². The van der Waals surface area contributed by atoms with E-state index in [1.54, 1.807) is 0 Å². The summed E-state index contributed by atoms with van der Waals surface area (Å²) in [7, 11) is 0. The van der Waals surface area contributed by atoms with Crippen LogP contribution in [0.25, 0.3) is 0 Å². The first kappa shape index (κ1) is 13.9. The third-order valence-electron chi connectivity index (χ3n) is 3.06. The van der Waals surface area contributed by atoms with Crippen LogP contribution in [0.5, 0.6) is 0 Å². The third-order valence-corrected chi connectivity index (χ3v) is 3.06. The second-order valence-electron chi connectivity index (χ2n) is 4.98. The molecule has 1 saturated heterocycles. The van der Waals surface area contributed by atoms with Crippen molar-refractivity contribution in [2.24, 2.45) is 0 Å². The SMILES string of the molecule is CC(C)NCCCCCCN1CCOCC1. The van der Waals surface area contributed by atoms with Crippen LogP contribution in [0, 0.1) is 0 Å². The van der Waals surface area contributed by atoms with Gasteiger partial charge in [-0.1, -0.05) is 26.7 Å². The molecule has 1 aliphatic rings. The highest BCUT2D eigenvalue weighted by molar-refractivity contribution is 4.61. The lowest BCUT2D eigenvalue weighted by atomic mass is 10.2. The maximum Gasteiger partial charge on any atom is 0.0594 e. The fraction of sp³-hybridized carbons (Fsp3) is 1.00. The lowest BCUT2D eigenvalue weighted by Gasteiger charge is -2.26. The van der Waals surface area contributed by atoms with Crippen molar-refractivity contribution in [3.05, 3.63) is 0 Å². The van der Waals surface area contributed by atoms with Crippen LogP contribution < -0.4 is 5.32 Å². The Balaban J connectivity index is 1.80. The molecule has 1 heterocycles. The van der Waals surface area contributed by atoms with Crippen LogP contribution in [-0.2, 0) is 4.74 Å². The van der Waals surface area contributed by atoms with E-state index in [4.69, 9.17) is 4.74 Å². The maximum atomic E-state index is 5.33. The normalized spacial score (nSPS) is 18.2. The number of ether oxygens (including phenoxy) is 1. The van der Waals surface area contributed by atoms with Crippen molar-refractivity contribution in [1.82, 2.24) is 10.2 Å². The summed E-state index contributed by atoms with van der Waals surface area (Å²) in [6.07, 6.45) is 5.41. The van der Waals surface area contributed by atoms with Gasteiger partial charge < -0.3 is 10.1 Å². The average molecular weight is 228 g/mol. The molecule has 0 saturated carbocycles. The molecule has 0 unspecified atom stereocenters. The molecule has 1 rings (SSSR count). The molecule has 0 atom stereocenters. The number of hydrogen-bond acceptors (Lipinski definition) is 3. The Bertz CT molecular complexity index is 156. The summed E-state index contributed by atoms with van der Waals surface area (Å²) in [4.78, 5) is 2.52. The van der Waals surface area contributed by atoms with Gasteiger partial charge in [0, 0.05) is 19.1 Å². The molecule has 1 aliphatic heterocycles. The smallest absolute Gasteiger partial charge is 0.0594 e. The Labute approximate surface area is 101 Å². The Kier molecular flexibility index (Phi) is 7.81. The first-order valence-corrected chi connectivity index (χ1v) is 6.82. The fourth-order valence-electron chi connectivity index (χ4n) is 2.03. The summed E-state index contributed by atoms with van der Waals surface area (Å²) in [5.74, 6) is 0. The second-order valence-corrected chi connectivity index (χ2v) is 4.98. The zero-order valence-electron chi connectivity index (χ0n) is 11.0. The molecule has 0 aromatic rings. The van der Waals surface area contributed by atoms with Gasteiger partial charge in [-0.2, -0.15) is 0 Å². The molecule has 0 aliphatic carbocycles. The lowest BCUT2D eigenvalue weighted by Crippen LogP contribution is -2.36. The van der Waals surface area contributed by atoms with Gasteiger partial charge in [-0.3, -0.25) is 4.90 Å². The molecule has 0 spiro atoms. The van der Waals surface area contributed by atoms with Crippen LogP contribution >= 0.6 is 0 Å². The number of hydrogen-bond donors (Lipinski definition) is 1. The summed E-state index contributed by atoms with van der Waals surface area (Å²) < 4.78 is 5.33. The molecule has 3 heteroatoms. The van der Waals surface area contributed by atoms with Crippen molar-refractivity contribution in [1.29, 1.82) is 0 Å². The first-order chi connectivity index (χ1) is 7.79. The number of rotatable bonds is 8. The molecular weight excluding hydrogens is 200 g/mol. The largest absolute Gasteiger partial charge is 0.379 e. The quantitative estimate of drug-likeness (QED) is 0.642. The average Bonchev–Trinajstić information content (AvgIpc) is 2.29. The number of nitrogens with zero attached hydrogens (tertiary/aromatic N) is 1. The zero-order chi connectivity index (χ0) is 11.6. The molecule has 0 aromatic carbocycles. The third kappa shape index (κ3) is 7.20. The topological polar surface area (TPSA) is 24.5 Å². The minimum atomic E-state index is 0.633. The second kappa shape index (κ2) is 8.97. The molecule has 3 nitrogen and oxygen atoms in total. The minimum absolute atomic E-state index is 0.633. The van der Waals surface area contributed by atoms with E-state index < -0.39 is 0 Å². The maximum absolute atomic E-state index is 5.33. The van der Waals surface area contributed by atoms with Crippen molar-refractivity contribution >= 4 is 0 Å². The minimum Gasteiger partial charge on any atom is -0.379 e. The molecule has 1 fully saturated rings. The highest BCUT2D eigenvalue weighted by Gasteiger charge is 2.08. The van der Waals surface area contributed by atoms with Crippen LogP contribution in [0.15, 0.2) is 0 Å². The molecule has 0 aromatic heterocycles. The highest BCUT2D eigenvalue weighted by atomic mass is 16.5. The monoisotopic (exact) mass is 228 g/mol. The molecule has 96 valence electrons. The zero-order valence-corrected chi connectivity index (χ0v) is 11.0. The van der Waals surface area contributed by atoms with Gasteiger partial charge in [0.05, 0.1) is 13.2 Å². The summed E-state index contributed by atoms with van der Waals surface area (Å²) in [5.41, 5.74) is 0. The van der Waals surface area contributed by atoms with Crippen molar-refractivity contribution in [2.75, 3.05) is 39.4 Å². The first-order valence-electron chi connectivity index (χ1n) is 6.82. The van der Waals surface area contributed by atoms with Gasteiger partial charge >= 0.3 is 0 Å². The van der Waals surface area contributed by atoms with Gasteiger partial charge in [0.15, 0.2) is 0 Å². The van der Waals surface area contributed by atoms with Crippen LogP contribution in [0.4, 0.5) is 0 Å². The van der Waals surface area contributed by atoms with E-state index in [9.17, 15) is 0 Å². The van der Waals surface area contributed by atoms with Crippen LogP contribution in [-0.4, -0.2) is 50.3 Å². The molecule has 0 bridgehead atoms. The summed E-state index contributed by atoms with van der Waals surface area (Å²) in [5, 5.41) is 3.46. The molecule has 0 amide bonds. The van der Waals surface area contributed by atoms with Gasteiger partial charge in [0.2, 0.25) is 0 Å². The Morgan fingerprint density at radius 3 is 2.44 bits per heavy atom. The summed E-state index contributed by atoms with van der Waals surface area (Å²) >= 11 is 0. The Hall–Kier alpha value is -0.120. The van der Waals surface area contributed by atoms with E-state index in [2.05, 4.69) is 24.1 Å². The molecule has 0 radical (unpaired) electrons. The van der Waals surface area contributed by atoms with Gasteiger partial charge in [-0.05, 0) is 25.9 Å². The number of morpholine rings is 1. The van der Waals surface area contributed by atoms with Crippen molar-refractivity contribution in [2.45, 2.75) is 45.6 Å². The molecular formula is C13H28N2O. The Morgan fingerprint density at radius 1 is 1.06 bits per heavy atom. The Morgan fingerprint density at radius 2 is 1.75 bits per heavy atom. The van der Waals surface area contributed by atoms with Crippen molar-refractivity contribution in [3.8, 4) is 0 Å². The van der Waals surface area contributed by atoms with Crippen molar-refractivity contribution in [3.63, 3.8) is 0 Å². The standard InChI is InChI=1S/C13H28N2O/c1-13(2)14-7-5-3-4-6-8-15-9-11-16-12-10-15/h13-14H,3-12H2,1-2H3. The van der Waals surface area contributed by atoms with Crippen LogP contribution in [0.2, 0.25) is 0 Å². The van der Waals surface area contributed by atoms with E-state index in [0.29, 0.717) is 6.04 Å². The summed E-state index contributed by atoms with van der Waals surface area (Å²) in [6.45, 7) is 11.0. The number of unbranched alkanes of at least 4 members (excludes halogenated alkanes) is 3. The summed E-state index contributed by atoms with van der Waals surface area (Å²) in [6, 6.07) is 0.633. The van der Waals surface area contributed by atoms with Crippen LogP contribution in [0.3, 0.4) is 0 Å². The van der Waals surface area contributed by atoms with Gasteiger partial charge in [0.1, 0.15) is 0 Å². The highest BCUT2D eigenvalue weighted by Crippen LogP contribution is 2.03. The fourth-order valence-corrected chi connectivity index (χ4v) is 2.03. The van der Waals surface area contributed by atoms with Gasteiger partial charge in [0.25, 0.3) is 0 Å². The van der Waals surface area contributed by atoms with E-state index in [-0.39, 0.29) is 0 Å². The van der Waals surface area contributed by atoms with E-state index in [1.807, 2.05) is 0 Å². The van der Waals surface area contributed by atoms with Crippen LogP contribution in [0.1, 0.15) is 39.5 Å². The molecule has 1 N–H and O–H groups in total. The molecule has 16 heavy (non-hydrogen) atoms. The lowest BCUT2D eigenvalue weighted by molar-refractivity contribution is 0.0371. The van der Waals surface area contributed by atoms with E-state index in [1.165, 1.54) is 38.8 Å². The van der Waals surface area contributed by atoms with E-state index >= 15 is 0 Å². The predicted molar refractivity (Wildman–Crippen MR) is 68.9 cm³/mol. The number of nitrogens with one attached hydrogen (secondary N) is 1. The van der Waals surface area contributed by atoms with Crippen molar-refractivity contribution < 1.29 is 4.74 Å². The van der Waals surface area contributed by atoms with E-state index in [0.717, 1.165) is 26.3 Å².